The molecule has 0 amide bonds. The first-order valence-electron chi connectivity index (χ1n) is 6.02. The number of methoxy groups -OCH3 is 2. The van der Waals surface area contributed by atoms with Crippen LogP contribution in [0.5, 0.6) is 23.0 Å². The molecular weight excluding hydrogens is 250 g/mol. The molecule has 0 spiro atoms. The molecule has 19 heavy (non-hydrogen) atoms. The van der Waals surface area contributed by atoms with Crippen LogP contribution in [0.15, 0.2) is 5.16 Å². The quantitative estimate of drug-likeness (QED) is 0.503. The number of benzene rings is 1. The molecule has 6 heteroatoms. The largest absolute Gasteiger partial charge is 0.492 e. The second-order valence-corrected chi connectivity index (χ2v) is 4.02. The zero-order chi connectivity index (χ0) is 13.8. The smallest absolute Gasteiger partial charge is 0.231 e. The van der Waals surface area contributed by atoms with E-state index in [4.69, 9.17) is 24.2 Å². The maximum Gasteiger partial charge on any atom is 0.231 e. The van der Waals surface area contributed by atoms with Gasteiger partial charge in [-0.3, -0.25) is 0 Å². The van der Waals surface area contributed by atoms with Gasteiger partial charge in [-0.15, -0.1) is 0 Å². The molecule has 1 aliphatic rings. The molecule has 0 saturated carbocycles. The number of rotatable bonds is 5. The highest BCUT2D eigenvalue weighted by Gasteiger charge is 2.30. The Morgan fingerprint density at radius 3 is 2.37 bits per heavy atom. The van der Waals surface area contributed by atoms with E-state index in [2.05, 4.69) is 12.1 Å². The Hall–Kier alpha value is -2.11. The third kappa shape index (κ3) is 2.14. The van der Waals surface area contributed by atoms with Crippen LogP contribution in [0.2, 0.25) is 0 Å². The molecule has 1 aromatic rings. The second kappa shape index (κ2) is 5.69. The van der Waals surface area contributed by atoms with Gasteiger partial charge in [-0.2, -0.15) is 0 Å². The van der Waals surface area contributed by atoms with Crippen LogP contribution in [0.25, 0.3) is 0 Å². The topological polar surface area (TPSA) is 69.5 Å². The molecule has 104 valence electrons. The highest BCUT2D eigenvalue weighted by atomic mass is 16.7. The minimum Gasteiger partial charge on any atom is -0.492 e. The van der Waals surface area contributed by atoms with E-state index < -0.39 is 0 Å². The van der Waals surface area contributed by atoms with Crippen LogP contribution in [-0.2, 0) is 6.42 Å². The van der Waals surface area contributed by atoms with Gasteiger partial charge in [-0.1, -0.05) is 18.5 Å². The van der Waals surface area contributed by atoms with E-state index in [1.807, 2.05) is 0 Å². The summed E-state index contributed by atoms with van der Waals surface area (Å²) in [6.45, 7) is 2.17. The Bertz CT molecular complexity index is 499. The molecule has 1 aromatic carbocycles. The summed E-state index contributed by atoms with van der Waals surface area (Å²) in [5, 5.41) is 11.9. The van der Waals surface area contributed by atoms with Crippen molar-refractivity contribution in [2.24, 2.45) is 5.16 Å². The number of oxime groups is 1. The lowest BCUT2D eigenvalue weighted by molar-refractivity contribution is 0.168. The first-order chi connectivity index (χ1) is 9.28. The van der Waals surface area contributed by atoms with Crippen molar-refractivity contribution < 1.29 is 24.2 Å². The number of fused-ring (bicyclic) bond motifs is 1. The van der Waals surface area contributed by atoms with Crippen molar-refractivity contribution in [1.29, 1.82) is 0 Å². The Morgan fingerprint density at radius 1 is 1.21 bits per heavy atom. The summed E-state index contributed by atoms with van der Waals surface area (Å²) in [5.41, 5.74) is 1.52. The second-order valence-electron chi connectivity index (χ2n) is 4.02. The summed E-state index contributed by atoms with van der Waals surface area (Å²) in [4.78, 5) is 0. The molecule has 0 aliphatic carbocycles. The van der Waals surface area contributed by atoms with Crippen LogP contribution in [-0.4, -0.2) is 32.4 Å². The fraction of sp³-hybridized carbons (Fsp3) is 0.462. The van der Waals surface area contributed by atoms with E-state index in [1.54, 1.807) is 7.11 Å². The first kappa shape index (κ1) is 13.3. The third-order valence-electron chi connectivity index (χ3n) is 2.96. The number of hydrogen-bond donors (Lipinski definition) is 1. The van der Waals surface area contributed by atoms with E-state index in [1.165, 1.54) is 13.3 Å². The summed E-state index contributed by atoms with van der Waals surface area (Å²) >= 11 is 0. The standard InChI is InChI=1S/C13H17NO5/c1-4-5-8-9(6-14-15)11(17-3)13-12(10(8)16-2)18-7-19-13/h6,15H,4-5,7H2,1-3H3/b14-6-. The lowest BCUT2D eigenvalue weighted by atomic mass is 10.00. The monoisotopic (exact) mass is 267 g/mol. The number of ether oxygens (including phenoxy) is 4. The molecule has 0 radical (unpaired) electrons. The Morgan fingerprint density at radius 2 is 1.84 bits per heavy atom. The number of hydrogen-bond acceptors (Lipinski definition) is 6. The van der Waals surface area contributed by atoms with Crippen LogP contribution >= 0.6 is 0 Å². The Labute approximate surface area is 111 Å². The van der Waals surface area contributed by atoms with Gasteiger partial charge in [0.1, 0.15) is 0 Å². The minimum absolute atomic E-state index is 0.118. The summed E-state index contributed by atoms with van der Waals surface area (Å²) in [6.07, 6.45) is 2.98. The lowest BCUT2D eigenvalue weighted by Crippen LogP contribution is -2.03. The van der Waals surface area contributed by atoms with Crippen molar-refractivity contribution in [2.75, 3.05) is 21.0 Å². The van der Waals surface area contributed by atoms with Gasteiger partial charge in [0.05, 0.1) is 20.4 Å². The minimum atomic E-state index is 0.118. The van der Waals surface area contributed by atoms with Gasteiger partial charge >= 0.3 is 0 Å². The fourth-order valence-electron chi connectivity index (χ4n) is 2.25. The van der Waals surface area contributed by atoms with Crippen LogP contribution < -0.4 is 18.9 Å². The van der Waals surface area contributed by atoms with Crippen molar-refractivity contribution in [3.8, 4) is 23.0 Å². The van der Waals surface area contributed by atoms with Gasteiger partial charge in [0.25, 0.3) is 0 Å². The molecule has 0 saturated heterocycles. The van der Waals surface area contributed by atoms with Crippen molar-refractivity contribution >= 4 is 6.21 Å². The SMILES string of the molecule is CCCc1c(/C=N\O)c(OC)c2c(c1OC)OCO2. The van der Waals surface area contributed by atoms with Crippen molar-refractivity contribution in [1.82, 2.24) is 0 Å². The molecule has 0 fully saturated rings. The maximum absolute atomic E-state index is 8.85. The zero-order valence-electron chi connectivity index (χ0n) is 11.2. The van der Waals surface area contributed by atoms with E-state index >= 15 is 0 Å². The molecule has 0 aromatic heterocycles. The summed E-state index contributed by atoms with van der Waals surface area (Å²) < 4.78 is 21.6. The van der Waals surface area contributed by atoms with Crippen LogP contribution in [0.1, 0.15) is 24.5 Å². The van der Waals surface area contributed by atoms with Gasteiger partial charge in [0.15, 0.2) is 11.5 Å². The van der Waals surface area contributed by atoms with E-state index in [9.17, 15) is 0 Å². The average Bonchev–Trinajstić information content (AvgIpc) is 2.88. The van der Waals surface area contributed by atoms with Crippen molar-refractivity contribution in [3.63, 3.8) is 0 Å². The highest BCUT2D eigenvalue weighted by Crippen LogP contribution is 2.51. The maximum atomic E-state index is 8.85. The van der Waals surface area contributed by atoms with E-state index in [0.29, 0.717) is 28.6 Å². The molecule has 1 heterocycles. The molecular formula is C13H17NO5. The van der Waals surface area contributed by atoms with Gasteiger partial charge in [0, 0.05) is 11.1 Å². The Balaban J connectivity index is 2.74. The van der Waals surface area contributed by atoms with Gasteiger partial charge < -0.3 is 24.2 Å². The first-order valence-corrected chi connectivity index (χ1v) is 6.02. The highest BCUT2D eigenvalue weighted by molar-refractivity contribution is 5.90. The Kier molecular flexibility index (Phi) is 3.99. The van der Waals surface area contributed by atoms with Gasteiger partial charge in [-0.05, 0) is 6.42 Å². The van der Waals surface area contributed by atoms with Crippen molar-refractivity contribution in [2.45, 2.75) is 19.8 Å². The third-order valence-corrected chi connectivity index (χ3v) is 2.96. The average molecular weight is 267 g/mol. The summed E-state index contributed by atoms with van der Waals surface area (Å²) in [7, 11) is 3.11. The zero-order valence-corrected chi connectivity index (χ0v) is 11.2. The molecule has 0 unspecified atom stereocenters. The molecule has 6 nitrogen and oxygen atoms in total. The molecule has 2 rings (SSSR count). The van der Waals surface area contributed by atoms with Crippen LogP contribution in [0.3, 0.4) is 0 Å². The molecule has 1 aliphatic heterocycles. The molecule has 0 bridgehead atoms. The van der Waals surface area contributed by atoms with Crippen LogP contribution in [0, 0.1) is 0 Å². The van der Waals surface area contributed by atoms with Crippen molar-refractivity contribution in [3.05, 3.63) is 11.1 Å². The van der Waals surface area contributed by atoms with Gasteiger partial charge in [0.2, 0.25) is 18.3 Å². The van der Waals surface area contributed by atoms with Crippen LogP contribution in [0.4, 0.5) is 0 Å². The number of nitrogens with zero attached hydrogens (tertiary/aromatic N) is 1. The summed E-state index contributed by atoms with van der Waals surface area (Å²) in [6, 6.07) is 0. The molecule has 1 N–H and O–H groups in total. The lowest BCUT2D eigenvalue weighted by Gasteiger charge is -2.17. The summed E-state index contributed by atoms with van der Waals surface area (Å²) in [5.74, 6) is 2.12. The predicted molar refractivity (Wildman–Crippen MR) is 69.0 cm³/mol. The fourth-order valence-corrected chi connectivity index (χ4v) is 2.25. The van der Waals surface area contributed by atoms with E-state index in [0.717, 1.165) is 18.4 Å². The van der Waals surface area contributed by atoms with E-state index in [-0.39, 0.29) is 6.79 Å². The molecule has 0 atom stereocenters. The predicted octanol–water partition coefficient (Wildman–Crippen LogP) is 2.19. The normalized spacial score (nSPS) is 13.0. The van der Waals surface area contributed by atoms with Gasteiger partial charge in [-0.25, -0.2) is 0 Å².